The van der Waals surface area contributed by atoms with Crippen LogP contribution in [0.25, 0.3) is 10.8 Å². The predicted molar refractivity (Wildman–Crippen MR) is 71.9 cm³/mol. The topological polar surface area (TPSA) is 26.3 Å². The lowest BCUT2D eigenvalue weighted by Crippen LogP contribution is -2.12. The van der Waals surface area contributed by atoms with E-state index in [2.05, 4.69) is 6.07 Å². The van der Waals surface area contributed by atoms with Crippen LogP contribution in [0.3, 0.4) is 0 Å². The minimum Gasteiger partial charge on any atom is -0.378 e. The molecule has 1 heterocycles. The van der Waals surface area contributed by atoms with Gasteiger partial charge in [-0.05, 0) is 29.7 Å². The van der Waals surface area contributed by atoms with Gasteiger partial charge in [-0.1, -0.05) is 36.4 Å². The molecule has 1 atom stereocenters. The van der Waals surface area contributed by atoms with E-state index in [1.165, 1.54) is 5.39 Å². The zero-order chi connectivity index (χ0) is 12.4. The number of ether oxygens (including phenoxy) is 1. The van der Waals surface area contributed by atoms with E-state index in [1.54, 1.807) is 0 Å². The number of Topliss-reactive ketones (excluding diaryl/α,β-unsaturated/α-hetero) is 1. The number of benzene rings is 2. The first-order valence-corrected chi connectivity index (χ1v) is 6.46. The van der Waals surface area contributed by atoms with Gasteiger partial charge in [-0.3, -0.25) is 4.79 Å². The lowest BCUT2D eigenvalue weighted by atomic mass is 10.0. The van der Waals surface area contributed by atoms with Crippen LogP contribution in [0.5, 0.6) is 0 Å². The highest BCUT2D eigenvalue weighted by Crippen LogP contribution is 2.20. The Morgan fingerprint density at radius 1 is 1.17 bits per heavy atom. The summed E-state index contributed by atoms with van der Waals surface area (Å²) in [5.41, 5.74) is 0.796. The van der Waals surface area contributed by atoms with Crippen molar-refractivity contribution < 1.29 is 9.53 Å². The molecule has 0 bridgehead atoms. The third-order valence-corrected chi connectivity index (χ3v) is 3.51. The molecule has 2 aromatic carbocycles. The van der Waals surface area contributed by atoms with E-state index in [4.69, 9.17) is 4.74 Å². The Morgan fingerprint density at radius 3 is 2.78 bits per heavy atom. The van der Waals surface area contributed by atoms with Crippen LogP contribution >= 0.6 is 0 Å². The van der Waals surface area contributed by atoms with Crippen molar-refractivity contribution in [3.05, 3.63) is 48.0 Å². The third-order valence-electron chi connectivity index (χ3n) is 3.51. The number of ketones is 1. The zero-order valence-corrected chi connectivity index (χ0v) is 10.3. The van der Waals surface area contributed by atoms with Crippen LogP contribution in [0.15, 0.2) is 42.5 Å². The van der Waals surface area contributed by atoms with Gasteiger partial charge < -0.3 is 4.74 Å². The Labute approximate surface area is 107 Å². The van der Waals surface area contributed by atoms with Crippen LogP contribution < -0.4 is 0 Å². The van der Waals surface area contributed by atoms with E-state index in [-0.39, 0.29) is 11.9 Å². The van der Waals surface area contributed by atoms with E-state index >= 15 is 0 Å². The molecule has 3 rings (SSSR count). The summed E-state index contributed by atoms with van der Waals surface area (Å²) in [6, 6.07) is 14.0. The van der Waals surface area contributed by atoms with Crippen molar-refractivity contribution in [1.82, 2.24) is 0 Å². The van der Waals surface area contributed by atoms with Crippen LogP contribution in [-0.4, -0.2) is 18.5 Å². The van der Waals surface area contributed by atoms with Crippen molar-refractivity contribution in [2.45, 2.75) is 25.4 Å². The number of rotatable bonds is 3. The molecule has 2 heteroatoms. The highest BCUT2D eigenvalue weighted by Gasteiger charge is 2.19. The monoisotopic (exact) mass is 240 g/mol. The molecule has 0 unspecified atom stereocenters. The quantitative estimate of drug-likeness (QED) is 0.766. The highest BCUT2D eigenvalue weighted by atomic mass is 16.5. The van der Waals surface area contributed by atoms with E-state index in [9.17, 15) is 4.79 Å². The van der Waals surface area contributed by atoms with Gasteiger partial charge in [-0.25, -0.2) is 0 Å². The van der Waals surface area contributed by atoms with Gasteiger partial charge in [0.2, 0.25) is 0 Å². The molecule has 0 saturated carbocycles. The molecule has 0 aromatic heterocycles. The molecule has 2 aromatic rings. The summed E-state index contributed by atoms with van der Waals surface area (Å²) in [7, 11) is 0. The van der Waals surface area contributed by atoms with Gasteiger partial charge in [-0.2, -0.15) is 0 Å². The Bertz CT molecular complexity index is 568. The Hall–Kier alpha value is -1.67. The second-order valence-electron chi connectivity index (χ2n) is 4.82. The summed E-state index contributed by atoms with van der Waals surface area (Å²) in [6.45, 7) is 0.801. The second-order valence-corrected chi connectivity index (χ2v) is 4.82. The maximum atomic E-state index is 12.2. The number of hydrogen-bond donors (Lipinski definition) is 0. The Balaban J connectivity index is 1.82. The fraction of sp³-hybridized carbons (Fsp3) is 0.312. The van der Waals surface area contributed by atoms with Crippen LogP contribution in [-0.2, 0) is 4.74 Å². The Kier molecular flexibility index (Phi) is 3.11. The van der Waals surface area contributed by atoms with Gasteiger partial charge >= 0.3 is 0 Å². The van der Waals surface area contributed by atoms with Crippen LogP contribution in [0, 0.1) is 0 Å². The SMILES string of the molecule is O=C(C[C@@H]1CCCO1)c1ccc2ccccc2c1. The summed E-state index contributed by atoms with van der Waals surface area (Å²) in [5.74, 6) is 0.188. The number of hydrogen-bond acceptors (Lipinski definition) is 2. The van der Waals surface area contributed by atoms with E-state index < -0.39 is 0 Å². The zero-order valence-electron chi connectivity index (χ0n) is 10.3. The second kappa shape index (κ2) is 4.91. The normalized spacial score (nSPS) is 19.2. The van der Waals surface area contributed by atoms with Crippen LogP contribution in [0.2, 0.25) is 0 Å². The summed E-state index contributed by atoms with van der Waals surface area (Å²) in [5, 5.41) is 2.29. The molecule has 92 valence electrons. The predicted octanol–water partition coefficient (Wildman–Crippen LogP) is 3.59. The first-order chi connectivity index (χ1) is 8.83. The number of carbonyl (C=O) groups excluding carboxylic acids is 1. The van der Waals surface area contributed by atoms with Crippen molar-refractivity contribution in [3.8, 4) is 0 Å². The molecule has 2 nitrogen and oxygen atoms in total. The van der Waals surface area contributed by atoms with Crippen molar-refractivity contribution in [2.75, 3.05) is 6.61 Å². The van der Waals surface area contributed by atoms with Crippen molar-refractivity contribution in [1.29, 1.82) is 0 Å². The van der Waals surface area contributed by atoms with E-state index in [0.29, 0.717) is 6.42 Å². The number of carbonyl (C=O) groups is 1. The molecule has 18 heavy (non-hydrogen) atoms. The summed E-state index contributed by atoms with van der Waals surface area (Å²) < 4.78 is 5.51. The largest absolute Gasteiger partial charge is 0.378 e. The molecular formula is C16H16O2. The Morgan fingerprint density at radius 2 is 2.00 bits per heavy atom. The van der Waals surface area contributed by atoms with Crippen molar-refractivity contribution >= 4 is 16.6 Å². The first kappa shape index (κ1) is 11.4. The fourth-order valence-corrected chi connectivity index (χ4v) is 2.49. The van der Waals surface area contributed by atoms with Gasteiger partial charge in [0.15, 0.2) is 5.78 Å². The molecule has 1 fully saturated rings. The smallest absolute Gasteiger partial charge is 0.165 e. The lowest BCUT2D eigenvalue weighted by molar-refractivity contribution is 0.0775. The number of fused-ring (bicyclic) bond motifs is 1. The van der Waals surface area contributed by atoms with Crippen LogP contribution in [0.1, 0.15) is 29.6 Å². The molecule has 0 aliphatic carbocycles. The average Bonchev–Trinajstić information content (AvgIpc) is 2.91. The van der Waals surface area contributed by atoms with Crippen molar-refractivity contribution in [2.24, 2.45) is 0 Å². The molecule has 1 aliphatic heterocycles. The molecule has 0 spiro atoms. The minimum atomic E-state index is 0.129. The first-order valence-electron chi connectivity index (χ1n) is 6.46. The molecule has 0 amide bonds. The standard InChI is InChI=1S/C16H16O2/c17-16(11-15-6-3-9-18-15)14-8-7-12-4-1-2-5-13(12)10-14/h1-2,4-5,7-8,10,15H,3,6,9,11H2/t15-/m0/s1. The molecule has 1 aliphatic rings. The fourth-order valence-electron chi connectivity index (χ4n) is 2.49. The lowest BCUT2D eigenvalue weighted by Gasteiger charge is -2.08. The van der Waals surface area contributed by atoms with Gasteiger partial charge in [0.1, 0.15) is 0 Å². The maximum Gasteiger partial charge on any atom is 0.165 e. The van der Waals surface area contributed by atoms with Gasteiger partial charge in [0, 0.05) is 18.6 Å². The maximum absolute atomic E-state index is 12.2. The van der Waals surface area contributed by atoms with Crippen molar-refractivity contribution in [3.63, 3.8) is 0 Å². The molecular weight excluding hydrogens is 224 g/mol. The average molecular weight is 240 g/mol. The third kappa shape index (κ3) is 2.29. The van der Waals surface area contributed by atoms with Gasteiger partial charge in [0.25, 0.3) is 0 Å². The molecule has 1 saturated heterocycles. The molecule has 0 N–H and O–H groups in total. The van der Waals surface area contributed by atoms with Crippen LogP contribution in [0.4, 0.5) is 0 Å². The van der Waals surface area contributed by atoms with Gasteiger partial charge in [-0.15, -0.1) is 0 Å². The summed E-state index contributed by atoms with van der Waals surface area (Å²) >= 11 is 0. The van der Waals surface area contributed by atoms with Gasteiger partial charge in [0.05, 0.1) is 6.10 Å². The highest BCUT2D eigenvalue weighted by molar-refractivity contribution is 6.00. The van der Waals surface area contributed by atoms with E-state index in [0.717, 1.165) is 30.4 Å². The summed E-state index contributed by atoms with van der Waals surface area (Å²) in [6.07, 6.45) is 2.73. The summed E-state index contributed by atoms with van der Waals surface area (Å²) in [4.78, 5) is 12.2. The molecule has 0 radical (unpaired) electrons. The minimum absolute atomic E-state index is 0.129. The van der Waals surface area contributed by atoms with E-state index in [1.807, 2.05) is 36.4 Å².